The first-order valence-electron chi connectivity index (χ1n) is 6.65. The van der Waals surface area contributed by atoms with Gasteiger partial charge in [0.2, 0.25) is 0 Å². The minimum Gasteiger partial charge on any atom is -0.312 e. The minimum atomic E-state index is 0.205. The van der Waals surface area contributed by atoms with E-state index in [4.69, 9.17) is 0 Å². The van der Waals surface area contributed by atoms with E-state index in [0.29, 0.717) is 12.6 Å². The predicted molar refractivity (Wildman–Crippen MR) is 70.3 cm³/mol. The molecule has 1 aliphatic rings. The van der Waals surface area contributed by atoms with Crippen LogP contribution in [0.5, 0.6) is 0 Å². The molecule has 1 fully saturated rings. The minimum absolute atomic E-state index is 0.205. The van der Waals surface area contributed by atoms with Gasteiger partial charge >= 0.3 is 0 Å². The molecule has 0 bridgehead atoms. The van der Waals surface area contributed by atoms with E-state index in [2.05, 4.69) is 18.3 Å². The zero-order valence-corrected chi connectivity index (χ0v) is 10.8. The average Bonchev–Trinajstić information content (AvgIpc) is 3.11. The van der Waals surface area contributed by atoms with E-state index in [9.17, 15) is 4.79 Å². The predicted octanol–water partition coefficient (Wildman–Crippen LogP) is 2.38. The molecule has 2 rings (SSSR count). The molecule has 3 nitrogen and oxygen atoms in total. The van der Waals surface area contributed by atoms with Gasteiger partial charge in [-0.15, -0.1) is 0 Å². The number of hydrogen-bond acceptors (Lipinski definition) is 2. The zero-order chi connectivity index (χ0) is 12.3. The van der Waals surface area contributed by atoms with Crippen LogP contribution in [-0.2, 0) is 6.54 Å². The summed E-state index contributed by atoms with van der Waals surface area (Å²) in [4.78, 5) is 12.3. The van der Waals surface area contributed by atoms with Crippen LogP contribution in [0, 0.1) is 6.92 Å². The van der Waals surface area contributed by atoms with Gasteiger partial charge in [0, 0.05) is 23.8 Å². The molecule has 1 N–H and O–H groups in total. The molecule has 3 heteroatoms. The number of rotatable bonds is 6. The lowest BCUT2D eigenvalue weighted by atomic mass is 10.2. The fourth-order valence-corrected chi connectivity index (χ4v) is 2.13. The Morgan fingerprint density at radius 3 is 2.82 bits per heavy atom. The van der Waals surface area contributed by atoms with Crippen LogP contribution in [0.4, 0.5) is 0 Å². The third-order valence-corrected chi connectivity index (χ3v) is 3.33. The largest absolute Gasteiger partial charge is 0.312 e. The Hall–Kier alpha value is -1.09. The van der Waals surface area contributed by atoms with E-state index >= 15 is 0 Å². The van der Waals surface area contributed by atoms with Gasteiger partial charge in [-0.1, -0.05) is 19.4 Å². The molecule has 0 unspecified atom stereocenters. The Morgan fingerprint density at radius 2 is 2.18 bits per heavy atom. The summed E-state index contributed by atoms with van der Waals surface area (Å²) in [5.41, 5.74) is 2.20. The highest BCUT2D eigenvalue weighted by Crippen LogP contribution is 2.34. The van der Waals surface area contributed by atoms with Crippen LogP contribution in [0.25, 0.3) is 0 Å². The molecule has 1 aliphatic carbocycles. The fourth-order valence-electron chi connectivity index (χ4n) is 2.13. The molecular weight excluding hydrogens is 212 g/mol. The van der Waals surface area contributed by atoms with Crippen LogP contribution in [0.1, 0.15) is 49.9 Å². The summed E-state index contributed by atoms with van der Waals surface area (Å²) in [6.45, 7) is 5.89. The third-order valence-electron chi connectivity index (χ3n) is 3.33. The number of nitrogens with one attached hydrogen (secondary N) is 1. The Kier molecular flexibility index (Phi) is 4.00. The van der Waals surface area contributed by atoms with Gasteiger partial charge in [-0.05, 0) is 38.8 Å². The van der Waals surface area contributed by atoms with E-state index in [1.165, 1.54) is 12.8 Å². The molecular formula is C14H22N2O. The van der Waals surface area contributed by atoms with Crippen molar-refractivity contribution in [1.29, 1.82) is 0 Å². The lowest BCUT2D eigenvalue weighted by molar-refractivity contribution is 0.619. The summed E-state index contributed by atoms with van der Waals surface area (Å²) in [7, 11) is 0. The van der Waals surface area contributed by atoms with E-state index in [1.807, 2.05) is 17.6 Å². The first-order chi connectivity index (χ1) is 8.24. The summed E-state index contributed by atoms with van der Waals surface area (Å²) in [6.07, 6.45) is 4.68. The molecule has 0 spiro atoms. The van der Waals surface area contributed by atoms with Crippen LogP contribution < -0.4 is 10.9 Å². The van der Waals surface area contributed by atoms with Gasteiger partial charge in [-0.25, -0.2) is 0 Å². The summed E-state index contributed by atoms with van der Waals surface area (Å²) in [5, 5.41) is 3.34. The molecule has 0 radical (unpaired) electrons. The Balaban J connectivity index is 2.07. The van der Waals surface area contributed by atoms with Crippen LogP contribution in [0.3, 0.4) is 0 Å². The smallest absolute Gasteiger partial charge is 0.255 e. The van der Waals surface area contributed by atoms with Crippen LogP contribution in [-0.4, -0.2) is 11.1 Å². The van der Waals surface area contributed by atoms with E-state index in [0.717, 1.165) is 30.6 Å². The standard InChI is InChI=1S/C14H22N2O/c1-3-4-9-15-10-12-6-5-11(2)16(14(12)17)13-7-8-13/h5-6,13,15H,3-4,7-10H2,1-2H3. The summed E-state index contributed by atoms with van der Waals surface area (Å²) < 4.78 is 1.97. The van der Waals surface area contributed by atoms with Crippen molar-refractivity contribution in [2.24, 2.45) is 0 Å². The first-order valence-corrected chi connectivity index (χ1v) is 6.65. The number of aryl methyl sites for hydroxylation is 1. The number of aromatic nitrogens is 1. The molecule has 1 aromatic rings. The van der Waals surface area contributed by atoms with Crippen molar-refractivity contribution in [3.63, 3.8) is 0 Å². The van der Waals surface area contributed by atoms with Gasteiger partial charge in [0.1, 0.15) is 0 Å². The number of unbranched alkanes of at least 4 members (excludes halogenated alkanes) is 1. The van der Waals surface area contributed by atoms with Crippen molar-refractivity contribution in [2.45, 2.75) is 52.1 Å². The molecule has 0 atom stereocenters. The number of hydrogen-bond donors (Lipinski definition) is 1. The average molecular weight is 234 g/mol. The number of pyridine rings is 1. The topological polar surface area (TPSA) is 34.0 Å². The molecule has 0 amide bonds. The van der Waals surface area contributed by atoms with Gasteiger partial charge in [0.25, 0.3) is 5.56 Å². The number of nitrogens with zero attached hydrogens (tertiary/aromatic N) is 1. The molecule has 17 heavy (non-hydrogen) atoms. The molecule has 0 aliphatic heterocycles. The molecule has 1 saturated carbocycles. The second kappa shape index (κ2) is 5.50. The first kappa shape index (κ1) is 12.4. The van der Waals surface area contributed by atoms with Gasteiger partial charge < -0.3 is 9.88 Å². The van der Waals surface area contributed by atoms with E-state index in [-0.39, 0.29) is 5.56 Å². The van der Waals surface area contributed by atoms with Crippen LogP contribution >= 0.6 is 0 Å². The van der Waals surface area contributed by atoms with Gasteiger partial charge in [0.15, 0.2) is 0 Å². The van der Waals surface area contributed by atoms with Crippen molar-refractivity contribution < 1.29 is 0 Å². The van der Waals surface area contributed by atoms with Crippen LogP contribution in [0.15, 0.2) is 16.9 Å². The summed E-state index contributed by atoms with van der Waals surface area (Å²) in [5.74, 6) is 0. The van der Waals surface area contributed by atoms with Gasteiger partial charge in [-0.3, -0.25) is 4.79 Å². The summed E-state index contributed by atoms with van der Waals surface area (Å²) >= 11 is 0. The van der Waals surface area contributed by atoms with Crippen molar-refractivity contribution in [3.05, 3.63) is 33.7 Å². The van der Waals surface area contributed by atoms with Gasteiger partial charge in [0.05, 0.1) is 0 Å². The van der Waals surface area contributed by atoms with Crippen molar-refractivity contribution >= 4 is 0 Å². The maximum atomic E-state index is 12.3. The Bertz CT molecular complexity index is 432. The molecule has 94 valence electrons. The zero-order valence-electron chi connectivity index (χ0n) is 10.8. The lowest BCUT2D eigenvalue weighted by Gasteiger charge is -2.11. The second-order valence-electron chi connectivity index (χ2n) is 4.94. The van der Waals surface area contributed by atoms with Crippen molar-refractivity contribution in [2.75, 3.05) is 6.54 Å². The Morgan fingerprint density at radius 1 is 1.41 bits per heavy atom. The SMILES string of the molecule is CCCCNCc1ccc(C)n(C2CC2)c1=O. The second-order valence-corrected chi connectivity index (χ2v) is 4.94. The highest BCUT2D eigenvalue weighted by atomic mass is 16.1. The molecule has 0 aromatic carbocycles. The quantitative estimate of drug-likeness (QED) is 0.767. The van der Waals surface area contributed by atoms with Crippen LogP contribution in [0.2, 0.25) is 0 Å². The van der Waals surface area contributed by atoms with Gasteiger partial charge in [-0.2, -0.15) is 0 Å². The fraction of sp³-hybridized carbons (Fsp3) is 0.643. The maximum absolute atomic E-state index is 12.3. The van der Waals surface area contributed by atoms with E-state index in [1.54, 1.807) is 0 Å². The van der Waals surface area contributed by atoms with Crippen molar-refractivity contribution in [1.82, 2.24) is 9.88 Å². The molecule has 1 aromatic heterocycles. The van der Waals surface area contributed by atoms with E-state index < -0.39 is 0 Å². The van der Waals surface area contributed by atoms with Crippen molar-refractivity contribution in [3.8, 4) is 0 Å². The monoisotopic (exact) mass is 234 g/mol. The normalized spacial score (nSPS) is 15.2. The molecule has 0 saturated heterocycles. The maximum Gasteiger partial charge on any atom is 0.255 e. The highest BCUT2D eigenvalue weighted by molar-refractivity contribution is 5.17. The third kappa shape index (κ3) is 2.97. The lowest BCUT2D eigenvalue weighted by Crippen LogP contribution is -2.28. The highest BCUT2D eigenvalue weighted by Gasteiger charge is 2.26. The summed E-state index contributed by atoms with van der Waals surface area (Å²) in [6, 6.07) is 4.50. The Labute approximate surface area is 103 Å². The molecule has 1 heterocycles.